The molecule has 10 heteroatoms. The van der Waals surface area contributed by atoms with Crippen LogP contribution >= 0.6 is 23.1 Å². The van der Waals surface area contributed by atoms with Crippen LogP contribution in [0.4, 0.5) is 5.82 Å². The number of rotatable bonds is 6. The van der Waals surface area contributed by atoms with Gasteiger partial charge in [0.25, 0.3) is 0 Å². The third kappa shape index (κ3) is 5.14. The maximum absolute atomic E-state index is 13.7. The molecular weight excluding hydrogens is 581 g/mol. The molecule has 2 aromatic rings. The monoisotopic (exact) mass is 626 g/mol. The molecular formula is C33H46N4O4S2. The SMILES string of the molecule is C=C[C@]1(C)C[C@@H](OC(=O)CSc2nc(N3CCCNCC3)c3ccsc3n2)[C@]2(C)[C@H](C)CC[C@]3(CCC(=O)[C@H]32)[C@@H](C)[C@@H]1O. The molecule has 0 amide bonds. The van der Waals surface area contributed by atoms with E-state index >= 15 is 0 Å². The number of ether oxygens (including phenoxy) is 1. The van der Waals surface area contributed by atoms with Crippen LogP contribution in [0.25, 0.3) is 10.2 Å². The van der Waals surface area contributed by atoms with Crippen LogP contribution in [0, 0.1) is 34.0 Å². The number of nitrogens with zero attached hydrogens (tertiary/aromatic N) is 3. The number of ketones is 1. The van der Waals surface area contributed by atoms with Gasteiger partial charge in [0.05, 0.1) is 17.2 Å². The number of carbonyl (C=O) groups is 2. The van der Waals surface area contributed by atoms with Crippen molar-refractivity contribution in [3.8, 4) is 0 Å². The Hall–Kier alpha value is -2.01. The molecule has 1 aliphatic heterocycles. The van der Waals surface area contributed by atoms with Gasteiger partial charge in [-0.15, -0.1) is 17.9 Å². The van der Waals surface area contributed by atoms with Crippen molar-refractivity contribution in [2.45, 2.75) is 83.6 Å². The van der Waals surface area contributed by atoms with E-state index in [9.17, 15) is 14.7 Å². The molecule has 234 valence electrons. The first kappa shape index (κ1) is 31.0. The van der Waals surface area contributed by atoms with Gasteiger partial charge in [0.15, 0.2) is 5.16 Å². The van der Waals surface area contributed by atoms with Crippen LogP contribution in [0.5, 0.6) is 0 Å². The van der Waals surface area contributed by atoms with Crippen molar-refractivity contribution in [3.63, 3.8) is 0 Å². The Morgan fingerprint density at radius 1 is 1.28 bits per heavy atom. The van der Waals surface area contributed by atoms with Crippen molar-refractivity contribution < 1.29 is 19.4 Å². The number of fused-ring (bicyclic) bond motifs is 1. The highest BCUT2D eigenvalue weighted by molar-refractivity contribution is 7.99. The molecule has 2 N–H and O–H groups in total. The number of thiophene rings is 1. The third-order valence-corrected chi connectivity index (χ3v) is 13.4. The lowest BCUT2D eigenvalue weighted by Crippen LogP contribution is -2.63. The first-order chi connectivity index (χ1) is 20.5. The number of carbonyl (C=O) groups excluding carboxylic acids is 2. The highest BCUT2D eigenvalue weighted by Crippen LogP contribution is 2.68. The largest absolute Gasteiger partial charge is 0.461 e. The molecule has 4 aliphatic rings. The molecule has 43 heavy (non-hydrogen) atoms. The van der Waals surface area contributed by atoms with E-state index < -0.39 is 23.0 Å². The lowest BCUT2D eigenvalue weighted by atomic mass is 9.44. The number of anilines is 1. The van der Waals surface area contributed by atoms with Gasteiger partial charge in [0.1, 0.15) is 22.5 Å². The van der Waals surface area contributed by atoms with Gasteiger partial charge in [-0.3, -0.25) is 9.59 Å². The standard InChI is InChI=1S/C33H46N4O4S2/c1-6-31(4)18-24(32(5)20(2)8-11-33(21(3)27(31)40)12-9-23(38)26(32)33)41-25(39)19-43-30-35-28(22-10-17-42-29(22)36-30)37-15-7-13-34-14-16-37/h6,10,17,20-21,24,26-27,34,40H,1,7-9,11-16,18-19H2,2-5H3/t20-,21+,24-,26+,27+,31-,32+,33+/m1/s1. The van der Waals surface area contributed by atoms with Crippen molar-refractivity contribution >= 4 is 50.9 Å². The van der Waals surface area contributed by atoms with Crippen LogP contribution in [0.3, 0.4) is 0 Å². The zero-order chi connectivity index (χ0) is 30.6. The van der Waals surface area contributed by atoms with Crippen molar-refractivity contribution in [2.24, 2.45) is 34.0 Å². The van der Waals surface area contributed by atoms with Crippen LogP contribution in [-0.2, 0) is 14.3 Å². The molecule has 8 nitrogen and oxygen atoms in total. The summed E-state index contributed by atoms with van der Waals surface area (Å²) in [5.74, 6) is 0.842. The summed E-state index contributed by atoms with van der Waals surface area (Å²) in [6, 6.07) is 2.08. The topological polar surface area (TPSA) is 105 Å². The molecule has 8 atom stereocenters. The Labute approximate surface area is 263 Å². The third-order valence-electron chi connectivity index (χ3n) is 11.8. The summed E-state index contributed by atoms with van der Waals surface area (Å²) in [4.78, 5) is 40.3. The van der Waals surface area contributed by atoms with Crippen molar-refractivity contribution in [1.29, 1.82) is 0 Å². The van der Waals surface area contributed by atoms with Gasteiger partial charge < -0.3 is 20.1 Å². The molecule has 0 spiro atoms. The Morgan fingerprint density at radius 3 is 2.88 bits per heavy atom. The summed E-state index contributed by atoms with van der Waals surface area (Å²) in [6.45, 7) is 16.4. The fourth-order valence-electron chi connectivity index (χ4n) is 9.00. The van der Waals surface area contributed by atoms with Crippen molar-refractivity contribution in [2.75, 3.05) is 36.8 Å². The minimum Gasteiger partial charge on any atom is -0.461 e. The number of aliphatic hydroxyl groups is 1. The van der Waals surface area contributed by atoms with Crippen LogP contribution in [0.1, 0.15) is 66.2 Å². The maximum atomic E-state index is 13.7. The normalized spacial score (nSPS) is 38.2. The molecule has 1 saturated heterocycles. The molecule has 0 unspecified atom stereocenters. The van der Waals surface area contributed by atoms with Gasteiger partial charge in [-0.1, -0.05) is 45.5 Å². The number of nitrogens with one attached hydrogen (secondary N) is 1. The van der Waals surface area contributed by atoms with Gasteiger partial charge in [0.2, 0.25) is 0 Å². The Balaban J connectivity index is 1.27. The van der Waals surface area contributed by atoms with Gasteiger partial charge in [-0.05, 0) is 67.3 Å². The molecule has 6 rings (SSSR count). The maximum Gasteiger partial charge on any atom is 0.316 e. The van der Waals surface area contributed by atoms with E-state index in [0.29, 0.717) is 18.0 Å². The lowest BCUT2D eigenvalue weighted by Gasteiger charge is -2.61. The fraction of sp³-hybridized carbons (Fsp3) is 0.697. The van der Waals surface area contributed by atoms with E-state index in [-0.39, 0.29) is 40.7 Å². The second-order valence-corrected chi connectivity index (χ2v) is 15.7. The first-order valence-corrected chi connectivity index (χ1v) is 17.8. The molecule has 4 fully saturated rings. The van der Waals surface area contributed by atoms with E-state index in [2.05, 4.69) is 43.6 Å². The quantitative estimate of drug-likeness (QED) is 0.186. The van der Waals surface area contributed by atoms with E-state index in [1.54, 1.807) is 11.3 Å². The highest BCUT2D eigenvalue weighted by Gasteiger charge is 2.68. The summed E-state index contributed by atoms with van der Waals surface area (Å²) < 4.78 is 6.43. The fourth-order valence-corrected chi connectivity index (χ4v) is 10.4. The second kappa shape index (κ2) is 11.7. The minimum absolute atomic E-state index is 0.0514. The number of esters is 1. The summed E-state index contributed by atoms with van der Waals surface area (Å²) >= 11 is 2.89. The van der Waals surface area contributed by atoms with Crippen molar-refractivity contribution in [1.82, 2.24) is 15.3 Å². The molecule has 0 aromatic carbocycles. The number of aliphatic hydroxyl groups excluding tert-OH is 1. The van der Waals surface area contributed by atoms with E-state index in [4.69, 9.17) is 14.7 Å². The van der Waals surface area contributed by atoms with Crippen LogP contribution in [0.2, 0.25) is 0 Å². The predicted molar refractivity (Wildman–Crippen MR) is 172 cm³/mol. The predicted octanol–water partition coefficient (Wildman–Crippen LogP) is 5.49. The van der Waals surface area contributed by atoms with Crippen LogP contribution in [0.15, 0.2) is 29.3 Å². The van der Waals surface area contributed by atoms with Crippen LogP contribution in [-0.4, -0.2) is 71.0 Å². The average molecular weight is 627 g/mol. The summed E-state index contributed by atoms with van der Waals surface area (Å²) in [6.07, 6.45) is 5.31. The summed E-state index contributed by atoms with van der Waals surface area (Å²) in [5.41, 5.74) is -1.46. The molecule has 2 bridgehead atoms. The van der Waals surface area contributed by atoms with Gasteiger partial charge in [-0.2, -0.15) is 0 Å². The smallest absolute Gasteiger partial charge is 0.316 e. The number of Topliss-reactive ketones (excluding diaryl/α,β-unsaturated/α-hetero) is 1. The zero-order valence-electron chi connectivity index (χ0n) is 25.9. The molecule has 3 aliphatic carbocycles. The number of hydrogen-bond donors (Lipinski definition) is 2. The molecule has 2 aromatic heterocycles. The summed E-state index contributed by atoms with van der Waals surface area (Å²) in [7, 11) is 0. The second-order valence-electron chi connectivity index (χ2n) is 13.9. The summed E-state index contributed by atoms with van der Waals surface area (Å²) in [5, 5.41) is 18.9. The average Bonchev–Trinajstić information content (AvgIpc) is 3.51. The Kier molecular flexibility index (Phi) is 8.45. The zero-order valence-corrected chi connectivity index (χ0v) is 27.6. The van der Waals surface area contributed by atoms with E-state index in [0.717, 1.165) is 67.9 Å². The Bertz CT molecular complexity index is 1390. The Morgan fingerprint density at radius 2 is 2.09 bits per heavy atom. The van der Waals surface area contributed by atoms with Gasteiger partial charge in [-0.25, -0.2) is 9.97 Å². The van der Waals surface area contributed by atoms with E-state index in [1.807, 2.05) is 18.4 Å². The minimum atomic E-state index is -0.675. The van der Waals surface area contributed by atoms with E-state index in [1.165, 1.54) is 11.8 Å². The molecule has 0 radical (unpaired) electrons. The number of aromatic nitrogens is 2. The van der Waals surface area contributed by atoms with Crippen LogP contribution < -0.4 is 10.2 Å². The molecule has 3 heterocycles. The lowest BCUT2D eigenvalue weighted by molar-refractivity contribution is -0.205. The number of hydrogen-bond acceptors (Lipinski definition) is 10. The van der Waals surface area contributed by atoms with Gasteiger partial charge >= 0.3 is 5.97 Å². The van der Waals surface area contributed by atoms with Gasteiger partial charge in [0, 0.05) is 42.8 Å². The first-order valence-electron chi connectivity index (χ1n) is 15.9. The highest BCUT2D eigenvalue weighted by atomic mass is 32.2. The number of thioether (sulfide) groups is 1. The van der Waals surface area contributed by atoms with Crippen molar-refractivity contribution in [3.05, 3.63) is 24.1 Å². The molecule has 3 saturated carbocycles.